The largest absolute Gasteiger partial charge is 0.444 e. The van der Waals surface area contributed by atoms with Gasteiger partial charge in [-0.1, -0.05) is 69.4 Å². The van der Waals surface area contributed by atoms with Crippen LogP contribution in [0, 0.1) is 6.92 Å². The zero-order valence-corrected chi connectivity index (χ0v) is 22.2. The average Bonchev–Trinajstić information content (AvgIpc) is 2.75. The van der Waals surface area contributed by atoms with Crippen molar-refractivity contribution in [1.82, 2.24) is 15.5 Å². The van der Waals surface area contributed by atoms with Crippen LogP contribution in [0.25, 0.3) is 0 Å². The van der Waals surface area contributed by atoms with Crippen LogP contribution in [0.4, 0.5) is 4.79 Å². The van der Waals surface area contributed by atoms with E-state index < -0.39 is 23.8 Å². The standard InChI is InChI=1S/C27H45N3O4/c1-8-10-12-13-19-30(25(32)21(4)29-26(33)34-27(5,6)7)23(24(31)28-18-11-9-2)22-16-14-20(3)15-17-22/h14-17,21,23H,8-13,18-19H2,1-7H3,(H,28,31)(H,29,33). The molecule has 0 saturated carbocycles. The molecule has 2 unspecified atom stereocenters. The number of hydrogen-bond acceptors (Lipinski definition) is 4. The second kappa shape index (κ2) is 14.6. The number of benzene rings is 1. The smallest absolute Gasteiger partial charge is 0.408 e. The molecule has 0 aliphatic heterocycles. The Morgan fingerprint density at radius 1 is 0.971 bits per heavy atom. The summed E-state index contributed by atoms with van der Waals surface area (Å²) < 4.78 is 5.32. The van der Waals surface area contributed by atoms with E-state index in [0.717, 1.165) is 49.7 Å². The quantitative estimate of drug-likeness (QED) is 0.380. The molecule has 0 aromatic heterocycles. The normalized spacial score (nSPS) is 13.0. The third-order valence-electron chi connectivity index (χ3n) is 5.42. The lowest BCUT2D eigenvalue weighted by molar-refractivity contribution is -0.142. The molecule has 7 nitrogen and oxygen atoms in total. The van der Waals surface area contributed by atoms with Gasteiger partial charge in [0.1, 0.15) is 17.7 Å². The molecule has 0 saturated heterocycles. The highest BCUT2D eigenvalue weighted by Gasteiger charge is 2.34. The van der Waals surface area contributed by atoms with E-state index in [1.54, 1.807) is 32.6 Å². The first kappa shape index (κ1) is 29.5. The van der Waals surface area contributed by atoms with Gasteiger partial charge >= 0.3 is 6.09 Å². The van der Waals surface area contributed by atoms with Crippen LogP contribution in [0.3, 0.4) is 0 Å². The van der Waals surface area contributed by atoms with Gasteiger partial charge in [-0.05, 0) is 53.0 Å². The number of unbranched alkanes of at least 4 members (excludes halogenated alkanes) is 4. The van der Waals surface area contributed by atoms with Gasteiger partial charge in [-0.3, -0.25) is 9.59 Å². The zero-order valence-electron chi connectivity index (χ0n) is 22.2. The number of ether oxygens (including phenoxy) is 1. The van der Waals surface area contributed by atoms with Gasteiger partial charge in [0, 0.05) is 13.1 Å². The van der Waals surface area contributed by atoms with Gasteiger partial charge in [0.05, 0.1) is 0 Å². The van der Waals surface area contributed by atoms with Gasteiger partial charge in [0.25, 0.3) is 0 Å². The van der Waals surface area contributed by atoms with Crippen molar-refractivity contribution >= 4 is 17.9 Å². The molecule has 2 N–H and O–H groups in total. The van der Waals surface area contributed by atoms with Crippen LogP contribution in [0.2, 0.25) is 0 Å². The van der Waals surface area contributed by atoms with Crippen LogP contribution < -0.4 is 10.6 Å². The topological polar surface area (TPSA) is 87.7 Å². The molecule has 1 aromatic rings. The number of alkyl carbamates (subject to hydrolysis) is 1. The number of aryl methyl sites for hydroxylation is 1. The second-order valence-corrected chi connectivity index (χ2v) is 9.92. The number of carbonyl (C=O) groups is 3. The maximum Gasteiger partial charge on any atom is 0.408 e. The van der Waals surface area contributed by atoms with E-state index in [-0.39, 0.29) is 11.8 Å². The highest BCUT2D eigenvalue weighted by molar-refractivity contribution is 5.92. The van der Waals surface area contributed by atoms with Crippen LogP contribution in [0.5, 0.6) is 0 Å². The van der Waals surface area contributed by atoms with Crippen molar-refractivity contribution in [1.29, 1.82) is 0 Å². The minimum absolute atomic E-state index is 0.203. The molecule has 34 heavy (non-hydrogen) atoms. The van der Waals surface area contributed by atoms with Crippen LogP contribution >= 0.6 is 0 Å². The average molecular weight is 476 g/mol. The molecule has 0 spiro atoms. The fourth-order valence-electron chi connectivity index (χ4n) is 3.58. The molecule has 7 heteroatoms. The first-order valence-corrected chi connectivity index (χ1v) is 12.6. The number of carbonyl (C=O) groups excluding carboxylic acids is 3. The van der Waals surface area contributed by atoms with Crippen LogP contribution in [0.15, 0.2) is 24.3 Å². The maximum absolute atomic E-state index is 13.6. The maximum atomic E-state index is 13.6. The minimum atomic E-state index is -0.836. The molecule has 0 bridgehead atoms. The SMILES string of the molecule is CCCCCCN(C(=O)C(C)NC(=O)OC(C)(C)C)C(C(=O)NCCCC)c1ccc(C)cc1. The van der Waals surface area contributed by atoms with Crippen LogP contribution in [0.1, 0.15) is 97.2 Å². The van der Waals surface area contributed by atoms with Crippen LogP contribution in [-0.2, 0) is 14.3 Å². The Kier molecular flexibility index (Phi) is 12.7. The zero-order chi connectivity index (χ0) is 25.7. The molecule has 3 amide bonds. The van der Waals surface area contributed by atoms with Gasteiger partial charge in [-0.2, -0.15) is 0 Å². The predicted molar refractivity (Wildman–Crippen MR) is 137 cm³/mol. The fraction of sp³-hybridized carbons (Fsp3) is 0.667. The predicted octanol–water partition coefficient (Wildman–Crippen LogP) is 5.27. The number of hydrogen-bond donors (Lipinski definition) is 2. The highest BCUT2D eigenvalue weighted by atomic mass is 16.6. The molecule has 0 aliphatic rings. The molecule has 1 rings (SSSR count). The minimum Gasteiger partial charge on any atom is -0.444 e. The third-order valence-corrected chi connectivity index (χ3v) is 5.42. The Morgan fingerprint density at radius 2 is 1.59 bits per heavy atom. The van der Waals surface area contributed by atoms with Gasteiger partial charge in [0.15, 0.2) is 0 Å². The summed E-state index contributed by atoms with van der Waals surface area (Å²) in [6.45, 7) is 14.1. The molecular weight excluding hydrogens is 430 g/mol. The Labute approximate surface area is 206 Å². The van der Waals surface area contributed by atoms with E-state index in [1.807, 2.05) is 31.2 Å². The van der Waals surface area contributed by atoms with Gasteiger partial charge in [-0.25, -0.2) is 4.79 Å². The van der Waals surface area contributed by atoms with E-state index in [2.05, 4.69) is 24.5 Å². The monoisotopic (exact) mass is 475 g/mol. The van der Waals surface area contributed by atoms with Crippen molar-refractivity contribution in [2.24, 2.45) is 0 Å². The number of nitrogens with one attached hydrogen (secondary N) is 2. The van der Waals surface area contributed by atoms with E-state index in [0.29, 0.717) is 13.1 Å². The van der Waals surface area contributed by atoms with Crippen molar-refractivity contribution in [2.45, 2.75) is 105 Å². The summed E-state index contributed by atoms with van der Waals surface area (Å²) >= 11 is 0. The number of nitrogens with zero attached hydrogens (tertiary/aromatic N) is 1. The summed E-state index contributed by atoms with van der Waals surface area (Å²) in [5.74, 6) is -0.510. The molecule has 0 radical (unpaired) electrons. The lowest BCUT2D eigenvalue weighted by Gasteiger charge is -2.34. The van der Waals surface area contributed by atoms with Gasteiger partial charge < -0.3 is 20.3 Å². The summed E-state index contributed by atoms with van der Waals surface area (Å²) in [6, 6.07) is 6.09. The summed E-state index contributed by atoms with van der Waals surface area (Å²) in [7, 11) is 0. The number of amides is 3. The van der Waals surface area contributed by atoms with Gasteiger partial charge in [-0.15, -0.1) is 0 Å². The Hall–Kier alpha value is -2.57. The molecule has 192 valence electrons. The Bertz CT molecular complexity index is 771. The van der Waals surface area contributed by atoms with E-state index in [9.17, 15) is 14.4 Å². The fourth-order valence-corrected chi connectivity index (χ4v) is 3.58. The lowest BCUT2D eigenvalue weighted by Crippen LogP contribution is -2.52. The van der Waals surface area contributed by atoms with Crippen molar-refractivity contribution in [3.05, 3.63) is 35.4 Å². The summed E-state index contributed by atoms with van der Waals surface area (Å²) in [4.78, 5) is 40.9. The Balaban J connectivity index is 3.22. The molecule has 2 atom stereocenters. The molecular formula is C27H45N3O4. The van der Waals surface area contributed by atoms with E-state index in [4.69, 9.17) is 4.74 Å². The highest BCUT2D eigenvalue weighted by Crippen LogP contribution is 2.24. The first-order chi connectivity index (χ1) is 16.0. The lowest BCUT2D eigenvalue weighted by atomic mass is 10.0. The molecule has 0 heterocycles. The summed E-state index contributed by atoms with van der Waals surface area (Å²) in [5.41, 5.74) is 1.17. The van der Waals surface area contributed by atoms with E-state index >= 15 is 0 Å². The van der Waals surface area contributed by atoms with Crippen molar-refractivity contribution in [3.8, 4) is 0 Å². The summed E-state index contributed by atoms with van der Waals surface area (Å²) in [6.07, 6.45) is 5.06. The van der Waals surface area contributed by atoms with Crippen molar-refractivity contribution < 1.29 is 19.1 Å². The van der Waals surface area contributed by atoms with Gasteiger partial charge in [0.2, 0.25) is 11.8 Å². The summed E-state index contributed by atoms with van der Waals surface area (Å²) in [5, 5.41) is 5.64. The first-order valence-electron chi connectivity index (χ1n) is 12.6. The molecule has 1 aromatic carbocycles. The van der Waals surface area contributed by atoms with E-state index in [1.165, 1.54) is 0 Å². The van der Waals surface area contributed by atoms with Crippen molar-refractivity contribution in [3.63, 3.8) is 0 Å². The van der Waals surface area contributed by atoms with Crippen molar-refractivity contribution in [2.75, 3.05) is 13.1 Å². The third kappa shape index (κ3) is 10.6. The van der Waals surface area contributed by atoms with Crippen LogP contribution in [-0.4, -0.2) is 47.5 Å². The number of rotatable bonds is 13. The second-order valence-electron chi connectivity index (χ2n) is 9.92. The molecule has 0 aliphatic carbocycles. The molecule has 0 fully saturated rings. The Morgan fingerprint density at radius 3 is 2.15 bits per heavy atom.